The van der Waals surface area contributed by atoms with Crippen LogP contribution in [0.2, 0.25) is 0 Å². The quantitative estimate of drug-likeness (QED) is 0.726. The van der Waals surface area contributed by atoms with Gasteiger partial charge in [0, 0.05) is 26.2 Å². The Bertz CT molecular complexity index is 605. The number of anilines is 2. The second kappa shape index (κ2) is 8.43. The summed E-state index contributed by atoms with van der Waals surface area (Å²) >= 11 is 0. The van der Waals surface area contributed by atoms with Crippen molar-refractivity contribution < 1.29 is 19.1 Å². The zero-order valence-electron chi connectivity index (χ0n) is 15.8. The Morgan fingerprint density at radius 2 is 1.12 bits per heavy atom. The molecule has 0 N–H and O–H groups in total. The Morgan fingerprint density at radius 1 is 0.769 bits per heavy atom. The lowest BCUT2D eigenvalue weighted by Crippen LogP contribution is -2.26. The molecule has 6 heteroatoms. The third-order valence-corrected chi connectivity index (χ3v) is 5.00. The van der Waals surface area contributed by atoms with Gasteiger partial charge in [0.05, 0.1) is 35.7 Å². The minimum Gasteiger partial charge on any atom is -0.462 e. The van der Waals surface area contributed by atoms with E-state index in [-0.39, 0.29) is 13.2 Å². The summed E-state index contributed by atoms with van der Waals surface area (Å²) in [4.78, 5) is 29.6. The van der Waals surface area contributed by atoms with Gasteiger partial charge in [0.25, 0.3) is 0 Å². The lowest BCUT2D eigenvalue weighted by Gasteiger charge is -2.28. The monoisotopic (exact) mass is 360 g/mol. The smallest absolute Gasteiger partial charge is 0.339 e. The molecule has 1 aromatic rings. The number of nitrogens with zero attached hydrogens (tertiary/aromatic N) is 2. The van der Waals surface area contributed by atoms with Gasteiger partial charge in [-0.05, 0) is 51.7 Å². The van der Waals surface area contributed by atoms with Gasteiger partial charge in [0.1, 0.15) is 0 Å². The Morgan fingerprint density at radius 3 is 1.42 bits per heavy atom. The highest BCUT2D eigenvalue weighted by Gasteiger charge is 2.28. The molecule has 3 rings (SSSR count). The van der Waals surface area contributed by atoms with E-state index in [1.807, 2.05) is 12.1 Å². The third kappa shape index (κ3) is 3.79. The van der Waals surface area contributed by atoms with Crippen molar-refractivity contribution in [2.24, 2.45) is 0 Å². The molecule has 2 aliphatic rings. The second-order valence-electron chi connectivity index (χ2n) is 6.72. The number of benzene rings is 1. The van der Waals surface area contributed by atoms with Gasteiger partial charge < -0.3 is 19.3 Å². The summed E-state index contributed by atoms with van der Waals surface area (Å²) in [6, 6.07) is 3.67. The van der Waals surface area contributed by atoms with Crippen molar-refractivity contribution in [1.29, 1.82) is 0 Å². The number of carbonyl (C=O) groups is 2. The maximum absolute atomic E-state index is 12.5. The van der Waals surface area contributed by atoms with Gasteiger partial charge in [-0.15, -0.1) is 0 Å². The first-order chi connectivity index (χ1) is 12.7. The molecule has 0 atom stereocenters. The summed E-state index contributed by atoms with van der Waals surface area (Å²) in [6.07, 6.45) is 4.59. The standard InChI is InChI=1S/C20H28N2O4/c1-3-25-19(23)15-13-17(21-9-5-6-10-21)18(22-11-7-8-12-22)14-16(15)20(24)26-4-2/h13-14H,3-12H2,1-2H3. The summed E-state index contributed by atoms with van der Waals surface area (Å²) in [5.74, 6) is -0.937. The number of hydrogen-bond acceptors (Lipinski definition) is 6. The number of esters is 2. The Kier molecular flexibility index (Phi) is 6.01. The van der Waals surface area contributed by atoms with Gasteiger partial charge in [0.15, 0.2) is 0 Å². The fourth-order valence-electron chi connectivity index (χ4n) is 3.75. The molecule has 2 heterocycles. The van der Waals surface area contributed by atoms with Crippen LogP contribution >= 0.6 is 0 Å². The minimum absolute atomic E-state index is 0.272. The Labute approximate surface area is 155 Å². The fraction of sp³-hybridized carbons (Fsp3) is 0.600. The van der Waals surface area contributed by atoms with E-state index >= 15 is 0 Å². The first-order valence-corrected chi connectivity index (χ1v) is 9.67. The topological polar surface area (TPSA) is 59.1 Å². The summed E-state index contributed by atoms with van der Waals surface area (Å²) in [6.45, 7) is 7.97. The molecule has 0 unspecified atom stereocenters. The van der Waals surface area contributed by atoms with Crippen molar-refractivity contribution in [3.05, 3.63) is 23.3 Å². The van der Waals surface area contributed by atoms with E-state index in [1.165, 1.54) is 0 Å². The zero-order valence-corrected chi connectivity index (χ0v) is 15.8. The molecule has 2 fully saturated rings. The molecule has 0 amide bonds. The minimum atomic E-state index is -0.469. The first kappa shape index (κ1) is 18.5. The van der Waals surface area contributed by atoms with Crippen molar-refractivity contribution >= 4 is 23.3 Å². The van der Waals surface area contributed by atoms with Crippen molar-refractivity contribution in [2.45, 2.75) is 39.5 Å². The van der Waals surface area contributed by atoms with E-state index in [4.69, 9.17) is 9.47 Å². The molecule has 6 nitrogen and oxygen atoms in total. The van der Waals surface area contributed by atoms with Crippen molar-refractivity contribution in [3.63, 3.8) is 0 Å². The van der Waals surface area contributed by atoms with Crippen LogP contribution in [-0.2, 0) is 9.47 Å². The molecule has 0 aromatic heterocycles. The van der Waals surface area contributed by atoms with Crippen LogP contribution in [0.5, 0.6) is 0 Å². The SMILES string of the molecule is CCOC(=O)c1cc(N2CCCC2)c(N2CCCC2)cc1C(=O)OCC. The number of rotatable bonds is 6. The van der Waals surface area contributed by atoms with Crippen LogP contribution in [0.4, 0.5) is 11.4 Å². The molecule has 142 valence electrons. The predicted octanol–water partition coefficient (Wildman–Crippen LogP) is 3.24. The van der Waals surface area contributed by atoms with Crippen molar-refractivity contribution in [3.8, 4) is 0 Å². The lowest BCUT2D eigenvalue weighted by atomic mass is 10.0. The maximum Gasteiger partial charge on any atom is 0.339 e. The summed E-state index contributed by atoms with van der Waals surface area (Å²) in [5.41, 5.74) is 2.66. The first-order valence-electron chi connectivity index (χ1n) is 9.67. The average Bonchev–Trinajstić information content (AvgIpc) is 3.34. The Balaban J connectivity index is 2.10. The molecule has 0 radical (unpaired) electrons. The van der Waals surface area contributed by atoms with E-state index in [0.717, 1.165) is 63.2 Å². The molecule has 0 bridgehead atoms. The van der Waals surface area contributed by atoms with Crippen molar-refractivity contribution in [1.82, 2.24) is 0 Å². The van der Waals surface area contributed by atoms with Gasteiger partial charge in [-0.2, -0.15) is 0 Å². The molecular formula is C20H28N2O4. The highest BCUT2D eigenvalue weighted by atomic mass is 16.5. The maximum atomic E-state index is 12.5. The fourth-order valence-corrected chi connectivity index (χ4v) is 3.75. The molecule has 26 heavy (non-hydrogen) atoms. The largest absolute Gasteiger partial charge is 0.462 e. The molecule has 0 aliphatic carbocycles. The second-order valence-corrected chi connectivity index (χ2v) is 6.72. The summed E-state index contributed by atoms with van der Waals surface area (Å²) < 4.78 is 10.4. The molecule has 1 aromatic carbocycles. The van der Waals surface area contributed by atoms with Gasteiger partial charge >= 0.3 is 11.9 Å². The van der Waals surface area contributed by atoms with Gasteiger partial charge in [-0.25, -0.2) is 9.59 Å². The van der Waals surface area contributed by atoms with E-state index in [9.17, 15) is 9.59 Å². The van der Waals surface area contributed by atoms with E-state index in [0.29, 0.717) is 11.1 Å². The normalized spacial score (nSPS) is 16.8. The molecule has 2 aliphatic heterocycles. The van der Waals surface area contributed by atoms with Crippen LogP contribution in [0.25, 0.3) is 0 Å². The zero-order chi connectivity index (χ0) is 18.5. The molecule has 2 saturated heterocycles. The van der Waals surface area contributed by atoms with Crippen LogP contribution in [0.1, 0.15) is 60.2 Å². The van der Waals surface area contributed by atoms with Crippen LogP contribution in [0.3, 0.4) is 0 Å². The number of hydrogen-bond donors (Lipinski definition) is 0. The Hall–Kier alpha value is -2.24. The number of ether oxygens (including phenoxy) is 2. The van der Waals surface area contributed by atoms with Gasteiger partial charge in [0.2, 0.25) is 0 Å². The van der Waals surface area contributed by atoms with Crippen molar-refractivity contribution in [2.75, 3.05) is 49.2 Å². The molecular weight excluding hydrogens is 332 g/mol. The van der Waals surface area contributed by atoms with E-state index in [2.05, 4.69) is 9.80 Å². The predicted molar refractivity (Wildman–Crippen MR) is 101 cm³/mol. The highest BCUT2D eigenvalue weighted by Crippen LogP contribution is 2.37. The molecule has 0 spiro atoms. The summed E-state index contributed by atoms with van der Waals surface area (Å²) in [7, 11) is 0. The van der Waals surface area contributed by atoms with E-state index in [1.54, 1.807) is 13.8 Å². The summed E-state index contributed by atoms with van der Waals surface area (Å²) in [5, 5.41) is 0. The number of carbonyl (C=O) groups excluding carboxylic acids is 2. The lowest BCUT2D eigenvalue weighted by molar-refractivity contribution is 0.0479. The molecule has 0 saturated carbocycles. The van der Waals surface area contributed by atoms with Crippen LogP contribution < -0.4 is 9.80 Å². The van der Waals surface area contributed by atoms with E-state index < -0.39 is 11.9 Å². The van der Waals surface area contributed by atoms with Crippen LogP contribution in [0.15, 0.2) is 12.1 Å². The van der Waals surface area contributed by atoms with Crippen LogP contribution in [-0.4, -0.2) is 51.3 Å². The third-order valence-electron chi connectivity index (χ3n) is 5.00. The van der Waals surface area contributed by atoms with Gasteiger partial charge in [-0.3, -0.25) is 0 Å². The van der Waals surface area contributed by atoms with Crippen LogP contribution in [0, 0.1) is 0 Å². The van der Waals surface area contributed by atoms with Gasteiger partial charge in [-0.1, -0.05) is 0 Å². The average molecular weight is 360 g/mol. The highest BCUT2D eigenvalue weighted by molar-refractivity contribution is 6.05.